The van der Waals surface area contributed by atoms with Gasteiger partial charge in [-0.25, -0.2) is 0 Å². The van der Waals surface area contributed by atoms with E-state index < -0.39 is 0 Å². The number of carbonyl (C=O) groups is 1. The van der Waals surface area contributed by atoms with Crippen molar-refractivity contribution in [3.05, 3.63) is 33.8 Å². The molecular weight excluding hydrogens is 318 g/mol. The maximum atomic E-state index is 12.2. The molecule has 0 saturated carbocycles. The van der Waals surface area contributed by atoms with Crippen LogP contribution < -0.4 is 5.32 Å². The van der Waals surface area contributed by atoms with Crippen molar-refractivity contribution in [2.45, 2.75) is 51.7 Å². The lowest BCUT2D eigenvalue weighted by atomic mass is 9.94. The SMILES string of the molecule is Cc1ccc(CC(=O)NC2CCOC(C)(C)C2)c(Br)c1. The Hall–Kier alpha value is -0.870. The molecule has 0 radical (unpaired) electrons. The summed E-state index contributed by atoms with van der Waals surface area (Å²) >= 11 is 3.52. The van der Waals surface area contributed by atoms with Crippen molar-refractivity contribution in [3.63, 3.8) is 0 Å². The number of benzene rings is 1. The van der Waals surface area contributed by atoms with Crippen LogP contribution in [0.5, 0.6) is 0 Å². The first kappa shape index (κ1) is 15.5. The van der Waals surface area contributed by atoms with Crippen LogP contribution in [0.2, 0.25) is 0 Å². The van der Waals surface area contributed by atoms with E-state index in [9.17, 15) is 4.79 Å². The van der Waals surface area contributed by atoms with E-state index in [4.69, 9.17) is 4.74 Å². The minimum absolute atomic E-state index is 0.0808. The zero-order valence-electron chi connectivity index (χ0n) is 12.3. The van der Waals surface area contributed by atoms with E-state index in [0.29, 0.717) is 13.0 Å². The Balaban J connectivity index is 1.92. The molecule has 1 N–H and O–H groups in total. The van der Waals surface area contributed by atoms with Gasteiger partial charge in [-0.15, -0.1) is 0 Å². The van der Waals surface area contributed by atoms with Gasteiger partial charge in [-0.3, -0.25) is 4.79 Å². The lowest BCUT2D eigenvalue weighted by Crippen LogP contribution is -2.46. The standard InChI is InChI=1S/C16H22BrNO2/c1-11-4-5-12(14(17)8-11)9-15(19)18-13-6-7-20-16(2,3)10-13/h4-5,8,13H,6-7,9-10H2,1-3H3,(H,18,19). The number of rotatable bonds is 3. The van der Waals surface area contributed by atoms with Crippen LogP contribution in [0.1, 0.15) is 37.8 Å². The van der Waals surface area contributed by atoms with Gasteiger partial charge in [-0.2, -0.15) is 0 Å². The normalized spacial score (nSPS) is 21.5. The Labute approximate surface area is 129 Å². The number of hydrogen-bond donors (Lipinski definition) is 1. The third kappa shape index (κ3) is 4.32. The highest BCUT2D eigenvalue weighted by Gasteiger charge is 2.29. The number of aryl methyl sites for hydroxylation is 1. The Kier molecular flexibility index (Phi) is 4.86. The molecule has 1 aliphatic heterocycles. The van der Waals surface area contributed by atoms with E-state index in [1.807, 2.05) is 25.1 Å². The molecule has 1 fully saturated rings. The number of halogens is 1. The van der Waals surface area contributed by atoms with Gasteiger partial charge in [-0.05, 0) is 50.8 Å². The summed E-state index contributed by atoms with van der Waals surface area (Å²) in [5, 5.41) is 3.13. The summed E-state index contributed by atoms with van der Waals surface area (Å²) in [6, 6.07) is 6.30. The highest BCUT2D eigenvalue weighted by Crippen LogP contribution is 2.24. The first-order valence-corrected chi connectivity index (χ1v) is 7.83. The minimum Gasteiger partial charge on any atom is -0.375 e. The second-order valence-corrected chi connectivity index (χ2v) is 6.99. The Morgan fingerprint density at radius 3 is 2.90 bits per heavy atom. The molecule has 1 aromatic rings. The molecule has 0 bridgehead atoms. The van der Waals surface area contributed by atoms with Gasteiger partial charge in [0.1, 0.15) is 0 Å². The highest BCUT2D eigenvalue weighted by molar-refractivity contribution is 9.10. The van der Waals surface area contributed by atoms with Crippen LogP contribution in [0.15, 0.2) is 22.7 Å². The van der Waals surface area contributed by atoms with Crippen molar-refractivity contribution in [2.24, 2.45) is 0 Å². The summed E-state index contributed by atoms with van der Waals surface area (Å²) in [4.78, 5) is 12.2. The van der Waals surface area contributed by atoms with Crippen LogP contribution in [0.3, 0.4) is 0 Å². The summed E-state index contributed by atoms with van der Waals surface area (Å²) in [6.45, 7) is 6.90. The average Bonchev–Trinajstić information content (AvgIpc) is 2.31. The predicted molar refractivity (Wildman–Crippen MR) is 83.8 cm³/mol. The Morgan fingerprint density at radius 1 is 1.50 bits per heavy atom. The van der Waals surface area contributed by atoms with Gasteiger partial charge in [0, 0.05) is 17.1 Å². The van der Waals surface area contributed by atoms with Crippen LogP contribution in [0, 0.1) is 6.92 Å². The summed E-state index contributed by atoms with van der Waals surface area (Å²) in [5.74, 6) is 0.0808. The fourth-order valence-electron chi connectivity index (χ4n) is 2.60. The quantitative estimate of drug-likeness (QED) is 0.916. The monoisotopic (exact) mass is 339 g/mol. The molecular formula is C16H22BrNO2. The first-order valence-electron chi connectivity index (χ1n) is 7.04. The third-order valence-electron chi connectivity index (χ3n) is 3.62. The van der Waals surface area contributed by atoms with Crippen molar-refractivity contribution >= 4 is 21.8 Å². The molecule has 3 nitrogen and oxygen atoms in total. The summed E-state index contributed by atoms with van der Waals surface area (Å²) in [6.07, 6.45) is 2.18. The molecule has 0 spiro atoms. The molecule has 0 aliphatic carbocycles. The van der Waals surface area contributed by atoms with Gasteiger partial charge < -0.3 is 10.1 Å². The number of ether oxygens (including phenoxy) is 1. The van der Waals surface area contributed by atoms with Crippen molar-refractivity contribution in [3.8, 4) is 0 Å². The van der Waals surface area contributed by atoms with Crippen LogP contribution >= 0.6 is 15.9 Å². The molecule has 20 heavy (non-hydrogen) atoms. The van der Waals surface area contributed by atoms with E-state index in [0.717, 1.165) is 22.9 Å². The number of amides is 1. The van der Waals surface area contributed by atoms with Crippen molar-refractivity contribution in [2.75, 3.05) is 6.61 Å². The fourth-order valence-corrected chi connectivity index (χ4v) is 3.24. The molecule has 1 aliphatic rings. The van der Waals surface area contributed by atoms with Gasteiger partial charge in [0.15, 0.2) is 0 Å². The van der Waals surface area contributed by atoms with E-state index >= 15 is 0 Å². The summed E-state index contributed by atoms with van der Waals surface area (Å²) in [5.41, 5.74) is 2.08. The molecule has 2 rings (SSSR count). The van der Waals surface area contributed by atoms with Crippen molar-refractivity contribution < 1.29 is 9.53 Å². The molecule has 1 heterocycles. The average molecular weight is 340 g/mol. The second kappa shape index (κ2) is 6.27. The topological polar surface area (TPSA) is 38.3 Å². The van der Waals surface area contributed by atoms with Gasteiger partial charge >= 0.3 is 0 Å². The number of carbonyl (C=O) groups excluding carboxylic acids is 1. The maximum Gasteiger partial charge on any atom is 0.224 e. The van der Waals surface area contributed by atoms with E-state index in [1.54, 1.807) is 0 Å². The molecule has 1 amide bonds. The lowest BCUT2D eigenvalue weighted by Gasteiger charge is -2.35. The van der Waals surface area contributed by atoms with Crippen LogP contribution in [-0.2, 0) is 16.0 Å². The fraction of sp³-hybridized carbons (Fsp3) is 0.562. The predicted octanol–water partition coefficient (Wildman–Crippen LogP) is 3.37. The maximum absolute atomic E-state index is 12.2. The largest absolute Gasteiger partial charge is 0.375 e. The zero-order chi connectivity index (χ0) is 14.8. The van der Waals surface area contributed by atoms with Crippen molar-refractivity contribution in [1.29, 1.82) is 0 Å². The van der Waals surface area contributed by atoms with E-state index in [-0.39, 0.29) is 17.6 Å². The first-order chi connectivity index (χ1) is 9.35. The lowest BCUT2D eigenvalue weighted by molar-refractivity contribution is -0.123. The van der Waals surface area contributed by atoms with Crippen LogP contribution in [0.4, 0.5) is 0 Å². The summed E-state index contributed by atoms with van der Waals surface area (Å²) in [7, 11) is 0. The van der Waals surface area contributed by atoms with Crippen LogP contribution in [-0.4, -0.2) is 24.2 Å². The van der Waals surface area contributed by atoms with Gasteiger partial charge in [0.25, 0.3) is 0 Å². The third-order valence-corrected chi connectivity index (χ3v) is 4.36. The van der Waals surface area contributed by atoms with Gasteiger partial charge in [0.05, 0.1) is 12.0 Å². The smallest absolute Gasteiger partial charge is 0.224 e. The van der Waals surface area contributed by atoms with E-state index in [1.165, 1.54) is 5.56 Å². The molecule has 4 heteroatoms. The van der Waals surface area contributed by atoms with E-state index in [2.05, 4.69) is 35.1 Å². The molecule has 1 unspecified atom stereocenters. The molecule has 110 valence electrons. The number of hydrogen-bond acceptors (Lipinski definition) is 2. The Morgan fingerprint density at radius 2 is 2.25 bits per heavy atom. The van der Waals surface area contributed by atoms with Gasteiger partial charge in [-0.1, -0.05) is 28.1 Å². The molecule has 1 saturated heterocycles. The van der Waals surface area contributed by atoms with Crippen LogP contribution in [0.25, 0.3) is 0 Å². The molecule has 0 aromatic heterocycles. The Bertz CT molecular complexity index is 499. The van der Waals surface area contributed by atoms with Crippen molar-refractivity contribution in [1.82, 2.24) is 5.32 Å². The summed E-state index contributed by atoms with van der Waals surface area (Å²) < 4.78 is 6.67. The molecule has 1 atom stereocenters. The number of nitrogens with one attached hydrogen (secondary N) is 1. The van der Waals surface area contributed by atoms with Gasteiger partial charge in [0.2, 0.25) is 5.91 Å². The zero-order valence-corrected chi connectivity index (χ0v) is 13.9. The second-order valence-electron chi connectivity index (χ2n) is 6.14. The molecule has 1 aromatic carbocycles. The minimum atomic E-state index is -0.138. The highest BCUT2D eigenvalue weighted by atomic mass is 79.9.